The van der Waals surface area contributed by atoms with Gasteiger partial charge in [0, 0.05) is 18.0 Å². The summed E-state index contributed by atoms with van der Waals surface area (Å²) in [6.07, 6.45) is 4.26. The Kier molecular flexibility index (Phi) is 4.63. The summed E-state index contributed by atoms with van der Waals surface area (Å²) in [5.74, 6) is -0.431. The molecule has 17 heavy (non-hydrogen) atoms. The number of pyridine rings is 1. The highest BCUT2D eigenvalue weighted by atomic mass is 16.4. The summed E-state index contributed by atoms with van der Waals surface area (Å²) in [4.78, 5) is 15.4. The second-order valence-corrected chi connectivity index (χ2v) is 4.57. The van der Waals surface area contributed by atoms with Gasteiger partial charge in [0.1, 0.15) is 5.54 Å². The van der Waals surface area contributed by atoms with Gasteiger partial charge in [-0.05, 0) is 25.5 Å². The van der Waals surface area contributed by atoms with Crippen LogP contribution in [0.5, 0.6) is 0 Å². The van der Waals surface area contributed by atoms with E-state index in [-0.39, 0.29) is 0 Å². The zero-order valence-corrected chi connectivity index (χ0v) is 10.6. The lowest BCUT2D eigenvalue weighted by Gasteiger charge is -2.28. The van der Waals surface area contributed by atoms with Gasteiger partial charge in [0.15, 0.2) is 0 Å². The molecule has 0 aliphatic heterocycles. The Morgan fingerprint density at radius 3 is 2.82 bits per heavy atom. The molecule has 2 N–H and O–H groups in total. The second-order valence-electron chi connectivity index (χ2n) is 4.57. The minimum atomic E-state index is -1.07. The topological polar surface area (TPSA) is 62.2 Å². The Bertz CT molecular complexity index is 367. The molecule has 0 bridgehead atoms. The van der Waals surface area contributed by atoms with Crippen LogP contribution in [0.1, 0.15) is 32.8 Å². The molecule has 0 aliphatic carbocycles. The summed E-state index contributed by atoms with van der Waals surface area (Å²) in [7, 11) is 0. The summed E-state index contributed by atoms with van der Waals surface area (Å²) in [6, 6.07) is 3.53. The lowest BCUT2D eigenvalue weighted by Crippen LogP contribution is -2.48. The van der Waals surface area contributed by atoms with Crippen molar-refractivity contribution in [3.8, 4) is 0 Å². The molecule has 1 heterocycles. The van der Waals surface area contributed by atoms with Gasteiger partial charge < -0.3 is 5.11 Å². The molecule has 2 atom stereocenters. The van der Waals surface area contributed by atoms with Crippen molar-refractivity contribution >= 4 is 5.97 Å². The van der Waals surface area contributed by atoms with Crippen LogP contribution in [0.2, 0.25) is 0 Å². The average Bonchev–Trinajstić information content (AvgIpc) is 2.36. The first-order valence-electron chi connectivity index (χ1n) is 5.89. The molecule has 0 fully saturated rings. The molecule has 0 saturated heterocycles. The molecule has 2 unspecified atom stereocenters. The van der Waals surface area contributed by atoms with Crippen molar-refractivity contribution in [3.05, 3.63) is 30.1 Å². The lowest BCUT2D eigenvalue weighted by atomic mass is 9.92. The maximum absolute atomic E-state index is 11.4. The molecule has 4 heteroatoms. The number of hydrogen-bond acceptors (Lipinski definition) is 3. The number of hydrogen-bond donors (Lipinski definition) is 2. The third-order valence-corrected chi connectivity index (χ3v) is 3.17. The number of carboxylic acid groups (broad SMARTS) is 1. The molecule has 0 spiro atoms. The fourth-order valence-corrected chi connectivity index (χ4v) is 1.48. The second kappa shape index (κ2) is 5.77. The van der Waals surface area contributed by atoms with Crippen molar-refractivity contribution in [2.45, 2.75) is 32.7 Å². The Morgan fingerprint density at radius 1 is 1.65 bits per heavy atom. The number of aromatic nitrogens is 1. The van der Waals surface area contributed by atoms with Crippen LogP contribution < -0.4 is 5.32 Å². The summed E-state index contributed by atoms with van der Waals surface area (Å²) in [5.41, 5.74) is -0.395. The van der Waals surface area contributed by atoms with Crippen LogP contribution in [0.15, 0.2) is 24.5 Å². The van der Waals surface area contributed by atoms with Gasteiger partial charge in [0.25, 0.3) is 0 Å². The molecule has 1 aromatic heterocycles. The number of aliphatic carboxylic acids is 1. The van der Waals surface area contributed by atoms with Crippen molar-refractivity contribution in [3.63, 3.8) is 0 Å². The summed E-state index contributed by atoms with van der Waals surface area (Å²) in [6.45, 7) is 6.54. The number of nitrogens with one attached hydrogen (secondary N) is 1. The summed E-state index contributed by atoms with van der Waals surface area (Å²) in [5, 5.41) is 12.5. The van der Waals surface area contributed by atoms with Crippen molar-refractivity contribution in [2.75, 3.05) is 6.54 Å². The molecule has 0 aliphatic rings. The quantitative estimate of drug-likeness (QED) is 0.793. The van der Waals surface area contributed by atoms with Gasteiger partial charge in [-0.15, -0.1) is 0 Å². The predicted molar refractivity (Wildman–Crippen MR) is 66.7 cm³/mol. The van der Waals surface area contributed by atoms with E-state index in [0.717, 1.165) is 6.42 Å². The molecular weight excluding hydrogens is 216 g/mol. The highest BCUT2D eigenvalue weighted by Gasteiger charge is 2.34. The van der Waals surface area contributed by atoms with Crippen LogP contribution in [-0.4, -0.2) is 22.6 Å². The highest BCUT2D eigenvalue weighted by Crippen LogP contribution is 2.20. The van der Waals surface area contributed by atoms with Gasteiger partial charge in [-0.1, -0.05) is 26.3 Å². The van der Waals surface area contributed by atoms with E-state index in [1.54, 1.807) is 31.5 Å². The van der Waals surface area contributed by atoms with Crippen molar-refractivity contribution in [2.24, 2.45) is 5.92 Å². The van der Waals surface area contributed by atoms with Crippen LogP contribution in [0.3, 0.4) is 0 Å². The van der Waals surface area contributed by atoms with Gasteiger partial charge in [0.05, 0.1) is 0 Å². The SMILES string of the molecule is CCC(C)CNC(C)(C(=O)O)c1cccnc1. The highest BCUT2D eigenvalue weighted by molar-refractivity contribution is 5.80. The van der Waals surface area contributed by atoms with Crippen molar-refractivity contribution < 1.29 is 9.90 Å². The van der Waals surface area contributed by atoms with Gasteiger partial charge in [-0.25, -0.2) is 4.79 Å². The first kappa shape index (κ1) is 13.6. The molecule has 94 valence electrons. The zero-order chi connectivity index (χ0) is 12.9. The molecule has 0 radical (unpaired) electrons. The standard InChI is InChI=1S/C13H20N2O2/c1-4-10(2)8-15-13(3,12(16)17)11-6-5-7-14-9-11/h5-7,9-10,15H,4,8H2,1-3H3,(H,16,17). The van der Waals surface area contributed by atoms with E-state index in [2.05, 4.69) is 24.1 Å². The maximum Gasteiger partial charge on any atom is 0.328 e. The van der Waals surface area contributed by atoms with Crippen molar-refractivity contribution in [1.82, 2.24) is 10.3 Å². The van der Waals surface area contributed by atoms with Crippen molar-refractivity contribution in [1.29, 1.82) is 0 Å². The van der Waals surface area contributed by atoms with E-state index in [9.17, 15) is 9.90 Å². The first-order chi connectivity index (χ1) is 8.00. The zero-order valence-electron chi connectivity index (χ0n) is 10.6. The largest absolute Gasteiger partial charge is 0.480 e. The predicted octanol–water partition coefficient (Wildman–Crippen LogP) is 2.02. The number of rotatable bonds is 6. The average molecular weight is 236 g/mol. The molecule has 4 nitrogen and oxygen atoms in total. The van der Waals surface area contributed by atoms with Crippen LogP contribution in [-0.2, 0) is 10.3 Å². The van der Waals surface area contributed by atoms with Crippen LogP contribution in [0, 0.1) is 5.92 Å². The van der Waals surface area contributed by atoms with E-state index in [1.165, 1.54) is 0 Å². The van der Waals surface area contributed by atoms with E-state index in [0.29, 0.717) is 18.0 Å². The molecule has 0 aromatic carbocycles. The van der Waals surface area contributed by atoms with E-state index >= 15 is 0 Å². The number of carbonyl (C=O) groups is 1. The van der Waals surface area contributed by atoms with E-state index < -0.39 is 11.5 Å². The Hall–Kier alpha value is -1.42. The molecule has 0 saturated carbocycles. The third kappa shape index (κ3) is 3.27. The smallest absolute Gasteiger partial charge is 0.328 e. The minimum Gasteiger partial charge on any atom is -0.480 e. The molecule has 1 aromatic rings. The lowest BCUT2D eigenvalue weighted by molar-refractivity contribution is -0.144. The van der Waals surface area contributed by atoms with Gasteiger partial charge >= 0.3 is 5.97 Å². The van der Waals surface area contributed by atoms with Gasteiger partial charge in [-0.3, -0.25) is 10.3 Å². The number of carboxylic acids is 1. The summed E-state index contributed by atoms with van der Waals surface area (Å²) >= 11 is 0. The number of nitrogens with zero attached hydrogens (tertiary/aromatic N) is 1. The van der Waals surface area contributed by atoms with E-state index in [1.807, 2.05) is 0 Å². The monoisotopic (exact) mass is 236 g/mol. The van der Waals surface area contributed by atoms with Gasteiger partial charge in [0.2, 0.25) is 0 Å². The van der Waals surface area contributed by atoms with Crippen LogP contribution >= 0.6 is 0 Å². The van der Waals surface area contributed by atoms with E-state index in [4.69, 9.17) is 0 Å². The maximum atomic E-state index is 11.4. The van der Waals surface area contributed by atoms with Crippen LogP contribution in [0.4, 0.5) is 0 Å². The Morgan fingerprint density at radius 2 is 2.35 bits per heavy atom. The third-order valence-electron chi connectivity index (χ3n) is 3.17. The fourth-order valence-electron chi connectivity index (χ4n) is 1.48. The first-order valence-corrected chi connectivity index (χ1v) is 5.89. The molecule has 1 rings (SSSR count). The Balaban J connectivity index is 2.87. The molecule has 0 amide bonds. The molecular formula is C13H20N2O2. The normalized spacial score (nSPS) is 16.2. The summed E-state index contributed by atoms with van der Waals surface area (Å²) < 4.78 is 0. The Labute approximate surface area is 102 Å². The van der Waals surface area contributed by atoms with Crippen LogP contribution in [0.25, 0.3) is 0 Å². The fraction of sp³-hybridized carbons (Fsp3) is 0.538. The van der Waals surface area contributed by atoms with Gasteiger partial charge in [-0.2, -0.15) is 0 Å². The minimum absolute atomic E-state index is 0.449.